The summed E-state index contributed by atoms with van der Waals surface area (Å²) in [6.07, 6.45) is 7.56. The third kappa shape index (κ3) is 6.36. The van der Waals surface area contributed by atoms with Gasteiger partial charge < -0.3 is 5.32 Å². The molecular formula is C16H20ClFN6. The molecule has 0 aliphatic carbocycles. The van der Waals surface area contributed by atoms with Crippen molar-refractivity contribution < 1.29 is 4.39 Å². The highest BCUT2D eigenvalue weighted by Gasteiger charge is 2.08. The molecule has 8 heteroatoms. The second kappa shape index (κ2) is 10.4. The summed E-state index contributed by atoms with van der Waals surface area (Å²) in [5.74, 6) is 3.06. The molecule has 0 radical (unpaired) electrons. The first kappa shape index (κ1) is 19.6. The van der Waals surface area contributed by atoms with Gasteiger partial charge >= 0.3 is 0 Å². The molecule has 1 aromatic heterocycles. The van der Waals surface area contributed by atoms with Gasteiger partial charge in [0.15, 0.2) is 0 Å². The average Bonchev–Trinajstić information content (AvgIpc) is 2.56. The SMILES string of the molecule is C#CCNc1ncnc(NN(CCC)Cc2ccc(F)cc2)n1.Cl. The molecule has 6 nitrogen and oxygen atoms in total. The van der Waals surface area contributed by atoms with Gasteiger partial charge in [0.2, 0.25) is 11.9 Å². The number of hydrazine groups is 1. The zero-order chi connectivity index (χ0) is 16.5. The number of benzene rings is 1. The molecule has 2 rings (SSSR count). The Bertz CT molecular complexity index is 658. The lowest BCUT2D eigenvalue weighted by atomic mass is 10.2. The summed E-state index contributed by atoms with van der Waals surface area (Å²) in [6.45, 7) is 3.81. The number of anilines is 2. The van der Waals surface area contributed by atoms with E-state index >= 15 is 0 Å². The second-order valence-electron chi connectivity index (χ2n) is 4.85. The van der Waals surface area contributed by atoms with Crippen molar-refractivity contribution >= 4 is 24.3 Å². The molecule has 0 aliphatic rings. The number of hydrogen-bond acceptors (Lipinski definition) is 6. The molecule has 2 aromatic rings. The van der Waals surface area contributed by atoms with Gasteiger partial charge in [-0.2, -0.15) is 4.98 Å². The molecule has 0 bridgehead atoms. The molecule has 24 heavy (non-hydrogen) atoms. The molecule has 0 aliphatic heterocycles. The van der Waals surface area contributed by atoms with Crippen LogP contribution in [0.25, 0.3) is 0 Å². The molecule has 0 spiro atoms. The lowest BCUT2D eigenvalue weighted by Gasteiger charge is -2.22. The van der Waals surface area contributed by atoms with E-state index in [2.05, 4.69) is 38.5 Å². The van der Waals surface area contributed by atoms with Crippen LogP contribution in [-0.2, 0) is 6.54 Å². The van der Waals surface area contributed by atoms with E-state index in [0.717, 1.165) is 18.5 Å². The molecule has 0 unspecified atom stereocenters. The van der Waals surface area contributed by atoms with Crippen LogP contribution in [0.1, 0.15) is 18.9 Å². The maximum Gasteiger partial charge on any atom is 0.242 e. The van der Waals surface area contributed by atoms with Gasteiger partial charge in [-0.25, -0.2) is 19.4 Å². The summed E-state index contributed by atoms with van der Waals surface area (Å²) in [5, 5.41) is 4.86. The molecule has 0 saturated carbocycles. The van der Waals surface area contributed by atoms with Gasteiger partial charge in [-0.15, -0.1) is 18.8 Å². The third-order valence-electron chi connectivity index (χ3n) is 2.96. The molecule has 0 atom stereocenters. The zero-order valence-corrected chi connectivity index (χ0v) is 14.2. The first-order chi connectivity index (χ1) is 11.2. The smallest absolute Gasteiger partial charge is 0.242 e. The molecule has 0 saturated heterocycles. The van der Waals surface area contributed by atoms with Crippen LogP contribution in [0.3, 0.4) is 0 Å². The lowest BCUT2D eigenvalue weighted by molar-refractivity contribution is 0.319. The Morgan fingerprint density at radius 3 is 2.58 bits per heavy atom. The quantitative estimate of drug-likeness (QED) is 0.563. The maximum absolute atomic E-state index is 13.0. The van der Waals surface area contributed by atoms with Crippen molar-refractivity contribution in [1.29, 1.82) is 0 Å². The molecule has 2 N–H and O–H groups in total. The van der Waals surface area contributed by atoms with Crippen LogP contribution >= 0.6 is 12.4 Å². The summed E-state index contributed by atoms with van der Waals surface area (Å²) in [6, 6.07) is 6.41. The average molecular weight is 351 g/mol. The van der Waals surface area contributed by atoms with Crippen LogP contribution in [0.5, 0.6) is 0 Å². The van der Waals surface area contributed by atoms with Crippen LogP contribution in [0.4, 0.5) is 16.3 Å². The van der Waals surface area contributed by atoms with Gasteiger partial charge in [0, 0.05) is 13.1 Å². The van der Waals surface area contributed by atoms with Crippen LogP contribution in [0, 0.1) is 18.2 Å². The highest BCUT2D eigenvalue weighted by Crippen LogP contribution is 2.09. The number of nitrogens with zero attached hydrogens (tertiary/aromatic N) is 4. The van der Waals surface area contributed by atoms with Gasteiger partial charge in [-0.05, 0) is 24.1 Å². The van der Waals surface area contributed by atoms with E-state index in [9.17, 15) is 4.39 Å². The Hall–Kier alpha value is -2.43. The number of hydrogen-bond donors (Lipinski definition) is 2. The van der Waals surface area contributed by atoms with Gasteiger partial charge in [-0.1, -0.05) is 25.0 Å². The van der Waals surface area contributed by atoms with Crippen molar-refractivity contribution in [2.45, 2.75) is 19.9 Å². The van der Waals surface area contributed by atoms with Crippen molar-refractivity contribution in [2.75, 3.05) is 23.8 Å². The van der Waals surface area contributed by atoms with Crippen molar-refractivity contribution in [1.82, 2.24) is 20.0 Å². The molecule has 1 aromatic carbocycles. The lowest BCUT2D eigenvalue weighted by Crippen LogP contribution is -2.31. The van der Waals surface area contributed by atoms with E-state index < -0.39 is 0 Å². The van der Waals surface area contributed by atoms with Crippen LogP contribution in [0.2, 0.25) is 0 Å². The Labute approximate surface area is 147 Å². The van der Waals surface area contributed by atoms with Crippen molar-refractivity contribution in [3.63, 3.8) is 0 Å². The predicted molar refractivity (Wildman–Crippen MR) is 95.1 cm³/mol. The largest absolute Gasteiger partial charge is 0.343 e. The molecule has 0 fully saturated rings. The number of terminal acetylenes is 1. The molecule has 0 amide bonds. The van der Waals surface area contributed by atoms with Crippen LogP contribution in [0.15, 0.2) is 30.6 Å². The standard InChI is InChI=1S/C16H19FN6.ClH/c1-3-9-18-15-19-12-20-16(21-15)22-23(10-4-2)11-13-5-7-14(17)8-6-13;/h1,5-8,12H,4,9-11H2,2H3,(H2,18,19,20,21,22);1H. The zero-order valence-electron chi connectivity index (χ0n) is 13.4. The minimum atomic E-state index is -0.245. The number of halogens is 2. The molecule has 128 valence electrons. The minimum Gasteiger partial charge on any atom is -0.343 e. The Kier molecular flexibility index (Phi) is 8.47. The first-order valence-electron chi connectivity index (χ1n) is 7.33. The monoisotopic (exact) mass is 350 g/mol. The van der Waals surface area contributed by atoms with E-state index in [0.29, 0.717) is 25.0 Å². The van der Waals surface area contributed by atoms with E-state index in [1.807, 2.05) is 5.01 Å². The highest BCUT2D eigenvalue weighted by atomic mass is 35.5. The number of aromatic nitrogens is 3. The maximum atomic E-state index is 13.0. The summed E-state index contributed by atoms with van der Waals surface area (Å²) in [7, 11) is 0. The summed E-state index contributed by atoms with van der Waals surface area (Å²) < 4.78 is 13.0. The molecular weight excluding hydrogens is 331 g/mol. The fourth-order valence-corrected chi connectivity index (χ4v) is 1.96. The van der Waals surface area contributed by atoms with E-state index in [-0.39, 0.29) is 18.2 Å². The van der Waals surface area contributed by atoms with Crippen molar-refractivity contribution in [3.05, 3.63) is 42.0 Å². The fraction of sp³-hybridized carbons (Fsp3) is 0.312. The number of rotatable bonds is 8. The first-order valence-corrected chi connectivity index (χ1v) is 7.33. The normalized spacial score (nSPS) is 9.92. The van der Waals surface area contributed by atoms with Crippen LogP contribution in [-0.4, -0.2) is 33.1 Å². The topological polar surface area (TPSA) is 66.0 Å². The van der Waals surface area contributed by atoms with Crippen molar-refractivity contribution in [3.8, 4) is 12.3 Å². The van der Waals surface area contributed by atoms with E-state index in [1.54, 1.807) is 12.1 Å². The van der Waals surface area contributed by atoms with E-state index in [1.165, 1.54) is 18.5 Å². The third-order valence-corrected chi connectivity index (χ3v) is 2.96. The van der Waals surface area contributed by atoms with Crippen LogP contribution < -0.4 is 10.7 Å². The van der Waals surface area contributed by atoms with Gasteiger partial charge in [-0.3, -0.25) is 5.43 Å². The van der Waals surface area contributed by atoms with Crippen molar-refractivity contribution in [2.24, 2.45) is 0 Å². The van der Waals surface area contributed by atoms with Gasteiger partial charge in [0.25, 0.3) is 0 Å². The Morgan fingerprint density at radius 1 is 1.21 bits per heavy atom. The highest BCUT2D eigenvalue weighted by molar-refractivity contribution is 5.85. The fourth-order valence-electron chi connectivity index (χ4n) is 1.96. The number of nitrogens with one attached hydrogen (secondary N) is 2. The van der Waals surface area contributed by atoms with E-state index in [4.69, 9.17) is 6.42 Å². The minimum absolute atomic E-state index is 0. The molecule has 1 heterocycles. The predicted octanol–water partition coefficient (Wildman–Crippen LogP) is 2.72. The second-order valence-corrected chi connectivity index (χ2v) is 4.85. The summed E-state index contributed by atoms with van der Waals surface area (Å²) >= 11 is 0. The van der Waals surface area contributed by atoms with Gasteiger partial charge in [0.1, 0.15) is 12.1 Å². The van der Waals surface area contributed by atoms with Gasteiger partial charge in [0.05, 0.1) is 6.54 Å². The Morgan fingerprint density at radius 2 is 1.92 bits per heavy atom. The summed E-state index contributed by atoms with van der Waals surface area (Å²) in [5.41, 5.74) is 4.14. The Balaban J connectivity index is 0.00000288. The summed E-state index contributed by atoms with van der Waals surface area (Å²) in [4.78, 5) is 12.3.